The van der Waals surface area contributed by atoms with Crippen molar-refractivity contribution in [3.8, 4) is 0 Å². The van der Waals surface area contributed by atoms with Gasteiger partial charge < -0.3 is 10.3 Å². The number of H-pyrrole nitrogens is 1. The Kier molecular flexibility index (Phi) is 4.34. The van der Waals surface area contributed by atoms with Crippen LogP contribution in [0.15, 0.2) is 35.1 Å². The van der Waals surface area contributed by atoms with Gasteiger partial charge in [-0.15, -0.1) is 0 Å². The van der Waals surface area contributed by atoms with E-state index in [2.05, 4.69) is 56.3 Å². The van der Waals surface area contributed by atoms with Crippen LogP contribution in [-0.4, -0.2) is 16.5 Å². The standard InChI is InChI=1S/C13H16BrN3/c1-10-2-3-11(12(14)8-10)9-15-5-4-13-16-6-7-17-13/h2-3,6-8,15H,4-5,9H2,1H3,(H,16,17). The van der Waals surface area contributed by atoms with Crippen molar-refractivity contribution in [1.82, 2.24) is 15.3 Å². The molecular formula is C13H16BrN3. The van der Waals surface area contributed by atoms with Gasteiger partial charge in [-0.2, -0.15) is 0 Å². The van der Waals surface area contributed by atoms with E-state index in [4.69, 9.17) is 0 Å². The second-order valence-electron chi connectivity index (χ2n) is 4.06. The van der Waals surface area contributed by atoms with Gasteiger partial charge in [-0.05, 0) is 24.1 Å². The molecule has 2 aromatic rings. The van der Waals surface area contributed by atoms with Crippen molar-refractivity contribution in [1.29, 1.82) is 0 Å². The predicted molar refractivity (Wildman–Crippen MR) is 72.9 cm³/mol. The smallest absolute Gasteiger partial charge is 0.107 e. The first kappa shape index (κ1) is 12.3. The Morgan fingerprint density at radius 1 is 1.41 bits per heavy atom. The number of halogens is 1. The summed E-state index contributed by atoms with van der Waals surface area (Å²) < 4.78 is 1.17. The highest BCUT2D eigenvalue weighted by Crippen LogP contribution is 2.17. The maximum absolute atomic E-state index is 4.19. The molecule has 1 aromatic heterocycles. The lowest BCUT2D eigenvalue weighted by atomic mass is 10.1. The van der Waals surface area contributed by atoms with Crippen molar-refractivity contribution in [2.45, 2.75) is 19.9 Å². The first-order valence-electron chi connectivity index (χ1n) is 5.70. The van der Waals surface area contributed by atoms with Crippen molar-refractivity contribution in [2.24, 2.45) is 0 Å². The van der Waals surface area contributed by atoms with Gasteiger partial charge >= 0.3 is 0 Å². The Balaban J connectivity index is 1.78. The molecule has 0 saturated carbocycles. The van der Waals surface area contributed by atoms with E-state index in [9.17, 15) is 0 Å². The SMILES string of the molecule is Cc1ccc(CNCCc2ncc[nH]2)c(Br)c1. The zero-order valence-electron chi connectivity index (χ0n) is 9.83. The summed E-state index contributed by atoms with van der Waals surface area (Å²) in [6, 6.07) is 6.43. The molecule has 3 nitrogen and oxygen atoms in total. The first-order valence-corrected chi connectivity index (χ1v) is 6.49. The Morgan fingerprint density at radius 2 is 2.29 bits per heavy atom. The number of nitrogens with zero attached hydrogens (tertiary/aromatic N) is 1. The minimum absolute atomic E-state index is 0.877. The molecule has 0 saturated heterocycles. The van der Waals surface area contributed by atoms with Crippen molar-refractivity contribution in [3.63, 3.8) is 0 Å². The van der Waals surface area contributed by atoms with Crippen LogP contribution in [0.1, 0.15) is 17.0 Å². The van der Waals surface area contributed by atoms with Gasteiger partial charge in [0.2, 0.25) is 0 Å². The molecule has 0 unspecified atom stereocenters. The third-order valence-corrected chi connectivity index (χ3v) is 3.36. The predicted octanol–water partition coefficient (Wildman–Crippen LogP) is 2.81. The fourth-order valence-corrected chi connectivity index (χ4v) is 2.29. The lowest BCUT2D eigenvalue weighted by Gasteiger charge is -2.07. The molecule has 90 valence electrons. The molecule has 1 heterocycles. The van der Waals surface area contributed by atoms with Crippen LogP contribution in [0.25, 0.3) is 0 Å². The minimum atomic E-state index is 0.877. The number of aromatic nitrogens is 2. The highest BCUT2D eigenvalue weighted by Gasteiger charge is 2.00. The first-order chi connectivity index (χ1) is 8.25. The van der Waals surface area contributed by atoms with Crippen molar-refractivity contribution < 1.29 is 0 Å². The van der Waals surface area contributed by atoms with Gasteiger partial charge in [-0.3, -0.25) is 0 Å². The number of nitrogens with one attached hydrogen (secondary N) is 2. The highest BCUT2D eigenvalue weighted by molar-refractivity contribution is 9.10. The van der Waals surface area contributed by atoms with E-state index in [1.165, 1.54) is 15.6 Å². The minimum Gasteiger partial charge on any atom is -0.349 e. The molecule has 2 N–H and O–H groups in total. The van der Waals surface area contributed by atoms with Gasteiger partial charge in [0.25, 0.3) is 0 Å². The summed E-state index contributed by atoms with van der Waals surface area (Å²) in [6.07, 6.45) is 4.56. The van der Waals surface area contributed by atoms with Crippen LogP contribution >= 0.6 is 15.9 Å². The van der Waals surface area contributed by atoms with Gasteiger partial charge in [-0.25, -0.2) is 4.98 Å². The molecule has 0 fully saturated rings. The number of imidazole rings is 1. The van der Waals surface area contributed by atoms with Crippen LogP contribution in [0.3, 0.4) is 0 Å². The number of rotatable bonds is 5. The van der Waals surface area contributed by atoms with E-state index >= 15 is 0 Å². The summed E-state index contributed by atoms with van der Waals surface area (Å²) in [5.74, 6) is 1.03. The van der Waals surface area contributed by atoms with Gasteiger partial charge in [0.1, 0.15) is 5.82 Å². The molecule has 0 radical (unpaired) electrons. The summed E-state index contributed by atoms with van der Waals surface area (Å²) >= 11 is 3.58. The number of hydrogen-bond acceptors (Lipinski definition) is 2. The zero-order chi connectivity index (χ0) is 12.1. The van der Waals surface area contributed by atoms with Crippen LogP contribution in [0.2, 0.25) is 0 Å². The average molecular weight is 294 g/mol. The zero-order valence-corrected chi connectivity index (χ0v) is 11.4. The molecule has 4 heteroatoms. The molecule has 0 atom stereocenters. The largest absolute Gasteiger partial charge is 0.349 e. The lowest BCUT2D eigenvalue weighted by Crippen LogP contribution is -2.17. The van der Waals surface area contributed by atoms with Gasteiger partial charge in [-0.1, -0.05) is 28.1 Å². The van der Waals surface area contributed by atoms with Crippen LogP contribution in [0, 0.1) is 6.92 Å². The van der Waals surface area contributed by atoms with Gasteiger partial charge in [0.15, 0.2) is 0 Å². The van der Waals surface area contributed by atoms with E-state index in [1.807, 2.05) is 6.20 Å². The number of aromatic amines is 1. The van der Waals surface area contributed by atoms with E-state index in [-0.39, 0.29) is 0 Å². The fraction of sp³-hybridized carbons (Fsp3) is 0.308. The molecule has 17 heavy (non-hydrogen) atoms. The Morgan fingerprint density at radius 3 is 3.00 bits per heavy atom. The topological polar surface area (TPSA) is 40.7 Å². The average Bonchev–Trinajstić information content (AvgIpc) is 2.79. The molecule has 0 amide bonds. The van der Waals surface area contributed by atoms with Crippen molar-refractivity contribution in [3.05, 3.63) is 52.0 Å². The Labute approximate surface area is 110 Å². The lowest BCUT2D eigenvalue weighted by molar-refractivity contribution is 0.672. The molecule has 1 aromatic carbocycles. The van der Waals surface area contributed by atoms with Crippen LogP contribution in [-0.2, 0) is 13.0 Å². The molecular weight excluding hydrogens is 278 g/mol. The third kappa shape index (κ3) is 3.68. The van der Waals surface area contributed by atoms with Crippen LogP contribution in [0.4, 0.5) is 0 Å². The molecule has 0 aliphatic carbocycles. The summed E-state index contributed by atoms with van der Waals surface area (Å²) in [5.41, 5.74) is 2.56. The van der Waals surface area contributed by atoms with Gasteiger partial charge in [0, 0.05) is 36.4 Å². The second kappa shape index (κ2) is 5.98. The molecule has 0 spiro atoms. The molecule has 0 bridgehead atoms. The molecule has 0 aliphatic heterocycles. The van der Waals surface area contributed by atoms with Crippen molar-refractivity contribution in [2.75, 3.05) is 6.54 Å². The van der Waals surface area contributed by atoms with Gasteiger partial charge in [0.05, 0.1) is 0 Å². The second-order valence-corrected chi connectivity index (χ2v) is 4.91. The Bertz CT molecular complexity index is 466. The number of hydrogen-bond donors (Lipinski definition) is 2. The van der Waals surface area contributed by atoms with Crippen LogP contribution < -0.4 is 5.32 Å². The maximum atomic E-state index is 4.19. The van der Waals surface area contributed by atoms with E-state index in [0.29, 0.717) is 0 Å². The van der Waals surface area contributed by atoms with Crippen LogP contribution in [0.5, 0.6) is 0 Å². The fourth-order valence-electron chi connectivity index (χ4n) is 1.66. The number of benzene rings is 1. The summed E-state index contributed by atoms with van der Waals surface area (Å²) in [4.78, 5) is 7.28. The third-order valence-electron chi connectivity index (χ3n) is 2.62. The summed E-state index contributed by atoms with van der Waals surface area (Å²) in [6.45, 7) is 3.90. The highest BCUT2D eigenvalue weighted by atomic mass is 79.9. The van der Waals surface area contributed by atoms with E-state index in [1.54, 1.807) is 6.20 Å². The Hall–Kier alpha value is -1.13. The summed E-state index contributed by atoms with van der Waals surface area (Å²) in [7, 11) is 0. The molecule has 2 rings (SSSR count). The summed E-state index contributed by atoms with van der Waals surface area (Å²) in [5, 5.41) is 3.41. The monoisotopic (exact) mass is 293 g/mol. The maximum Gasteiger partial charge on any atom is 0.107 e. The number of aryl methyl sites for hydroxylation is 1. The molecule has 0 aliphatic rings. The quantitative estimate of drug-likeness (QED) is 0.833. The normalized spacial score (nSPS) is 10.7. The van der Waals surface area contributed by atoms with E-state index < -0.39 is 0 Å². The van der Waals surface area contributed by atoms with Crippen molar-refractivity contribution >= 4 is 15.9 Å². The van der Waals surface area contributed by atoms with E-state index in [0.717, 1.165) is 25.3 Å².